The van der Waals surface area contributed by atoms with Gasteiger partial charge in [0, 0.05) is 19.5 Å². The maximum absolute atomic E-state index is 13.4. The molecule has 178 valence electrons. The first kappa shape index (κ1) is 24.4. The van der Waals surface area contributed by atoms with Gasteiger partial charge >= 0.3 is 0 Å². The lowest BCUT2D eigenvalue weighted by Gasteiger charge is -2.31. The number of fused-ring (bicyclic) bond motifs is 1. The van der Waals surface area contributed by atoms with Crippen LogP contribution in [0.5, 0.6) is 17.2 Å². The summed E-state index contributed by atoms with van der Waals surface area (Å²) in [6.07, 6.45) is 1.39. The molecule has 1 N–H and O–H groups in total. The van der Waals surface area contributed by atoms with Crippen molar-refractivity contribution in [3.05, 3.63) is 53.6 Å². The molecule has 1 atom stereocenters. The fraction of sp³-hybridized carbons (Fsp3) is 0.462. The van der Waals surface area contributed by atoms with Crippen LogP contribution in [0, 0.1) is 5.92 Å². The molecule has 0 radical (unpaired) electrons. The van der Waals surface area contributed by atoms with Crippen molar-refractivity contribution in [2.75, 3.05) is 20.4 Å². The quantitative estimate of drug-likeness (QED) is 0.557. The number of carbonyl (C=O) groups excluding carboxylic acids is 2. The molecule has 1 aliphatic heterocycles. The molecule has 33 heavy (non-hydrogen) atoms. The number of carbonyl (C=O) groups is 2. The van der Waals surface area contributed by atoms with Crippen molar-refractivity contribution < 1.29 is 23.8 Å². The van der Waals surface area contributed by atoms with Crippen LogP contribution in [0.3, 0.4) is 0 Å². The average molecular weight is 455 g/mol. The smallest absolute Gasteiger partial charge is 0.242 e. The highest BCUT2D eigenvalue weighted by Gasteiger charge is 2.28. The number of nitrogens with zero attached hydrogens (tertiary/aromatic N) is 1. The van der Waals surface area contributed by atoms with Crippen LogP contribution in [-0.2, 0) is 22.6 Å². The largest absolute Gasteiger partial charge is 0.497 e. The summed E-state index contributed by atoms with van der Waals surface area (Å²) < 4.78 is 16.0. The number of benzene rings is 2. The molecule has 0 aliphatic carbocycles. The van der Waals surface area contributed by atoms with Gasteiger partial charge in [0.15, 0.2) is 11.5 Å². The number of aryl methyl sites for hydroxylation is 1. The molecule has 0 aromatic heterocycles. The molecule has 0 spiro atoms. The molecule has 1 aliphatic rings. The lowest BCUT2D eigenvalue weighted by atomic mass is 10.1. The Morgan fingerprint density at radius 1 is 1.06 bits per heavy atom. The third-order valence-electron chi connectivity index (χ3n) is 5.65. The molecule has 7 nitrogen and oxygen atoms in total. The lowest BCUT2D eigenvalue weighted by Crippen LogP contribution is -2.49. The molecule has 1 unspecified atom stereocenters. The maximum Gasteiger partial charge on any atom is 0.242 e. The second-order valence-electron chi connectivity index (χ2n) is 8.62. The van der Waals surface area contributed by atoms with Crippen molar-refractivity contribution in [1.29, 1.82) is 0 Å². The zero-order chi connectivity index (χ0) is 23.8. The molecule has 2 amide bonds. The molecule has 0 saturated heterocycles. The number of hydrogen-bond donors (Lipinski definition) is 1. The highest BCUT2D eigenvalue weighted by Crippen LogP contribution is 2.32. The van der Waals surface area contributed by atoms with E-state index in [-0.39, 0.29) is 18.6 Å². The first-order valence-electron chi connectivity index (χ1n) is 11.5. The van der Waals surface area contributed by atoms with E-state index in [0.29, 0.717) is 44.0 Å². The van der Waals surface area contributed by atoms with Crippen LogP contribution in [0.25, 0.3) is 0 Å². The predicted molar refractivity (Wildman–Crippen MR) is 126 cm³/mol. The second-order valence-corrected chi connectivity index (χ2v) is 8.62. The molecule has 0 fully saturated rings. The van der Waals surface area contributed by atoms with E-state index < -0.39 is 6.04 Å². The normalized spacial score (nSPS) is 13.0. The summed E-state index contributed by atoms with van der Waals surface area (Å²) in [6, 6.07) is 12.8. The number of ether oxygens (including phenoxy) is 3. The van der Waals surface area contributed by atoms with Crippen LogP contribution < -0.4 is 19.5 Å². The second kappa shape index (κ2) is 11.6. The van der Waals surface area contributed by atoms with Gasteiger partial charge in [-0.1, -0.05) is 39.0 Å². The van der Waals surface area contributed by atoms with Crippen molar-refractivity contribution in [1.82, 2.24) is 10.2 Å². The first-order valence-corrected chi connectivity index (χ1v) is 11.5. The van der Waals surface area contributed by atoms with Crippen molar-refractivity contribution in [2.45, 2.75) is 52.6 Å². The number of rotatable bonds is 11. The highest BCUT2D eigenvalue weighted by molar-refractivity contribution is 5.87. The van der Waals surface area contributed by atoms with Crippen molar-refractivity contribution >= 4 is 11.8 Å². The average Bonchev–Trinajstić information content (AvgIpc) is 3.29. The Morgan fingerprint density at radius 3 is 2.42 bits per heavy atom. The van der Waals surface area contributed by atoms with Crippen LogP contribution >= 0.6 is 0 Å². The third-order valence-corrected chi connectivity index (χ3v) is 5.65. The van der Waals surface area contributed by atoms with Crippen molar-refractivity contribution in [3.8, 4) is 17.2 Å². The van der Waals surface area contributed by atoms with Gasteiger partial charge in [-0.05, 0) is 54.2 Å². The summed E-state index contributed by atoms with van der Waals surface area (Å²) in [5.74, 6) is 2.34. The highest BCUT2D eigenvalue weighted by atomic mass is 16.7. The van der Waals surface area contributed by atoms with Gasteiger partial charge in [-0.2, -0.15) is 0 Å². The van der Waals surface area contributed by atoms with Gasteiger partial charge in [-0.25, -0.2) is 0 Å². The summed E-state index contributed by atoms with van der Waals surface area (Å²) in [4.78, 5) is 28.0. The molecule has 0 bridgehead atoms. The predicted octanol–water partition coefficient (Wildman–Crippen LogP) is 3.94. The number of methoxy groups -OCH3 is 1. The Morgan fingerprint density at radius 2 is 1.76 bits per heavy atom. The summed E-state index contributed by atoms with van der Waals surface area (Å²) in [6.45, 7) is 7.19. The Bertz CT molecular complexity index is 942. The van der Waals surface area contributed by atoms with E-state index in [1.165, 1.54) is 0 Å². The van der Waals surface area contributed by atoms with Crippen LogP contribution in [0.2, 0.25) is 0 Å². The van der Waals surface area contributed by atoms with E-state index in [1.54, 1.807) is 12.0 Å². The van der Waals surface area contributed by atoms with Gasteiger partial charge in [0.1, 0.15) is 11.8 Å². The fourth-order valence-corrected chi connectivity index (χ4v) is 3.76. The molecule has 2 aromatic carbocycles. The van der Waals surface area contributed by atoms with Gasteiger partial charge in [-0.3, -0.25) is 9.59 Å². The molecular weight excluding hydrogens is 420 g/mol. The fourth-order valence-electron chi connectivity index (χ4n) is 3.76. The molecule has 3 rings (SSSR count). The van der Waals surface area contributed by atoms with E-state index in [1.807, 2.05) is 63.2 Å². The molecule has 7 heteroatoms. The number of nitrogens with one attached hydrogen (secondary N) is 1. The minimum Gasteiger partial charge on any atom is -0.497 e. The van der Waals surface area contributed by atoms with E-state index in [2.05, 4.69) is 5.32 Å². The minimum absolute atomic E-state index is 0.0602. The molecule has 1 heterocycles. The standard InChI is InChI=1S/C26H34N2O5/c1-5-22(26(30)27-15-18(2)3)28(16-20-6-10-21(31-4)11-7-20)25(29)13-9-19-8-12-23-24(14-19)33-17-32-23/h6-8,10-12,14,18,22H,5,9,13,15-17H2,1-4H3,(H,27,30). The van der Waals surface area contributed by atoms with E-state index in [4.69, 9.17) is 14.2 Å². The Hall–Kier alpha value is -3.22. The minimum atomic E-state index is -0.532. The zero-order valence-electron chi connectivity index (χ0n) is 19.9. The summed E-state index contributed by atoms with van der Waals surface area (Å²) in [5.41, 5.74) is 1.94. The van der Waals surface area contributed by atoms with Crippen LogP contribution in [0.1, 0.15) is 44.7 Å². The van der Waals surface area contributed by atoms with Crippen LogP contribution in [-0.4, -0.2) is 43.2 Å². The topological polar surface area (TPSA) is 77.1 Å². The molecule has 2 aromatic rings. The van der Waals surface area contributed by atoms with Gasteiger partial charge < -0.3 is 24.4 Å². The third kappa shape index (κ3) is 6.63. The monoisotopic (exact) mass is 454 g/mol. The zero-order valence-corrected chi connectivity index (χ0v) is 19.9. The molecular formula is C26H34N2O5. The summed E-state index contributed by atoms with van der Waals surface area (Å²) in [7, 11) is 1.62. The van der Waals surface area contributed by atoms with Gasteiger partial charge in [0.25, 0.3) is 0 Å². The lowest BCUT2D eigenvalue weighted by molar-refractivity contribution is -0.141. The van der Waals surface area contributed by atoms with E-state index >= 15 is 0 Å². The Balaban J connectivity index is 1.74. The maximum atomic E-state index is 13.4. The summed E-state index contributed by atoms with van der Waals surface area (Å²) >= 11 is 0. The van der Waals surface area contributed by atoms with Crippen molar-refractivity contribution in [2.24, 2.45) is 5.92 Å². The first-order chi connectivity index (χ1) is 15.9. The van der Waals surface area contributed by atoms with Crippen molar-refractivity contribution in [3.63, 3.8) is 0 Å². The van der Waals surface area contributed by atoms with E-state index in [0.717, 1.165) is 22.6 Å². The number of hydrogen-bond acceptors (Lipinski definition) is 5. The van der Waals surface area contributed by atoms with Crippen LogP contribution in [0.15, 0.2) is 42.5 Å². The van der Waals surface area contributed by atoms with Gasteiger partial charge in [-0.15, -0.1) is 0 Å². The SMILES string of the molecule is CCC(C(=O)NCC(C)C)N(Cc1ccc(OC)cc1)C(=O)CCc1ccc2c(c1)OCO2. The van der Waals surface area contributed by atoms with Crippen LogP contribution in [0.4, 0.5) is 0 Å². The number of amides is 2. The Kier molecular flexibility index (Phi) is 8.58. The summed E-state index contributed by atoms with van der Waals surface area (Å²) in [5, 5.41) is 2.99. The van der Waals surface area contributed by atoms with E-state index in [9.17, 15) is 9.59 Å². The van der Waals surface area contributed by atoms with Gasteiger partial charge in [0.2, 0.25) is 18.6 Å². The molecule has 0 saturated carbocycles. The Labute approximate surface area is 196 Å². The van der Waals surface area contributed by atoms with Gasteiger partial charge in [0.05, 0.1) is 7.11 Å².